The van der Waals surface area contributed by atoms with Crippen molar-refractivity contribution in [3.8, 4) is 0 Å². The maximum absolute atomic E-state index is 11.8. The second-order valence-corrected chi connectivity index (χ2v) is 5.83. The smallest absolute Gasteiger partial charge is 0.222 e. The van der Waals surface area contributed by atoms with Crippen LogP contribution in [0.5, 0.6) is 0 Å². The van der Waals surface area contributed by atoms with Gasteiger partial charge in [0.1, 0.15) is 0 Å². The molecule has 22 heavy (non-hydrogen) atoms. The van der Waals surface area contributed by atoms with E-state index in [0.717, 1.165) is 11.3 Å². The van der Waals surface area contributed by atoms with E-state index in [0.29, 0.717) is 24.5 Å². The van der Waals surface area contributed by atoms with Crippen LogP contribution < -0.4 is 10.6 Å². The molecule has 0 bridgehead atoms. The molecule has 2 rings (SSSR count). The summed E-state index contributed by atoms with van der Waals surface area (Å²) in [5, 5.41) is 6.92. The fraction of sp³-hybridized carbons (Fsp3) is 0.278. The predicted molar refractivity (Wildman–Crippen MR) is 92.3 cm³/mol. The van der Waals surface area contributed by atoms with Crippen LogP contribution in [0.25, 0.3) is 0 Å². The number of amides is 1. The van der Waals surface area contributed by atoms with E-state index in [1.54, 1.807) is 0 Å². The number of hydrogen-bond donors (Lipinski definition) is 2. The summed E-state index contributed by atoms with van der Waals surface area (Å²) < 4.78 is 0. The summed E-state index contributed by atoms with van der Waals surface area (Å²) in [6, 6.07) is 13.7. The lowest BCUT2D eigenvalue weighted by Gasteiger charge is -2.10. The van der Waals surface area contributed by atoms with E-state index in [9.17, 15) is 4.79 Å². The lowest BCUT2D eigenvalue weighted by Crippen LogP contribution is -2.24. The van der Waals surface area contributed by atoms with Crippen molar-refractivity contribution in [2.75, 3.05) is 11.9 Å². The monoisotopic (exact) mass is 316 g/mol. The van der Waals surface area contributed by atoms with E-state index in [-0.39, 0.29) is 5.91 Å². The summed E-state index contributed by atoms with van der Waals surface area (Å²) in [7, 11) is 0. The van der Waals surface area contributed by atoms with Crippen molar-refractivity contribution in [1.82, 2.24) is 5.32 Å². The van der Waals surface area contributed by atoms with Crippen molar-refractivity contribution < 1.29 is 4.79 Å². The Labute approximate surface area is 136 Å². The largest absolute Gasteiger partial charge is 0.384 e. The van der Waals surface area contributed by atoms with Gasteiger partial charge in [0, 0.05) is 30.2 Å². The first kappa shape index (κ1) is 16.4. The minimum atomic E-state index is 0.0350. The zero-order valence-electron chi connectivity index (χ0n) is 12.9. The molecule has 116 valence electrons. The van der Waals surface area contributed by atoms with Crippen LogP contribution in [0.3, 0.4) is 0 Å². The molecule has 0 spiro atoms. The van der Waals surface area contributed by atoms with Crippen LogP contribution in [0.1, 0.15) is 23.1 Å². The molecule has 0 aliphatic heterocycles. The van der Waals surface area contributed by atoms with E-state index in [1.165, 1.54) is 11.1 Å². The Balaban J connectivity index is 1.73. The van der Waals surface area contributed by atoms with E-state index in [2.05, 4.69) is 42.7 Å². The van der Waals surface area contributed by atoms with E-state index in [1.807, 2.05) is 24.3 Å². The minimum absolute atomic E-state index is 0.0350. The summed E-state index contributed by atoms with van der Waals surface area (Å²) >= 11 is 5.83. The molecule has 1 amide bonds. The number of halogens is 1. The number of anilines is 1. The quantitative estimate of drug-likeness (QED) is 0.843. The SMILES string of the molecule is Cc1ccc(C)c(NCCC(=O)NCc2ccc(Cl)cc2)c1. The number of carbonyl (C=O) groups excluding carboxylic acids is 1. The highest BCUT2D eigenvalue weighted by molar-refractivity contribution is 6.30. The second kappa shape index (κ2) is 7.85. The van der Waals surface area contributed by atoms with Gasteiger partial charge in [-0.25, -0.2) is 0 Å². The van der Waals surface area contributed by atoms with Gasteiger partial charge < -0.3 is 10.6 Å². The lowest BCUT2D eigenvalue weighted by molar-refractivity contribution is -0.121. The summed E-state index contributed by atoms with van der Waals surface area (Å²) in [5.74, 6) is 0.0350. The fourth-order valence-electron chi connectivity index (χ4n) is 2.13. The molecule has 4 heteroatoms. The Morgan fingerprint density at radius 1 is 1.09 bits per heavy atom. The molecular formula is C18H21ClN2O. The van der Waals surface area contributed by atoms with Gasteiger partial charge in [0.2, 0.25) is 5.91 Å². The lowest BCUT2D eigenvalue weighted by atomic mass is 10.1. The molecule has 0 heterocycles. The van der Waals surface area contributed by atoms with Crippen molar-refractivity contribution in [3.05, 3.63) is 64.2 Å². The molecule has 0 aliphatic carbocycles. The number of hydrogen-bond acceptors (Lipinski definition) is 2. The zero-order chi connectivity index (χ0) is 15.9. The average Bonchev–Trinajstić information content (AvgIpc) is 2.50. The first-order valence-corrected chi connectivity index (χ1v) is 7.74. The van der Waals surface area contributed by atoms with Crippen LogP contribution >= 0.6 is 11.6 Å². The van der Waals surface area contributed by atoms with Crippen LogP contribution in [0.4, 0.5) is 5.69 Å². The Hall–Kier alpha value is -2.00. The van der Waals surface area contributed by atoms with Crippen LogP contribution in [0.2, 0.25) is 5.02 Å². The van der Waals surface area contributed by atoms with Gasteiger partial charge >= 0.3 is 0 Å². The van der Waals surface area contributed by atoms with Gasteiger partial charge in [0.05, 0.1) is 0 Å². The molecule has 0 unspecified atom stereocenters. The highest BCUT2D eigenvalue weighted by atomic mass is 35.5. The van der Waals surface area contributed by atoms with E-state index < -0.39 is 0 Å². The molecule has 2 N–H and O–H groups in total. The van der Waals surface area contributed by atoms with Crippen LogP contribution in [-0.4, -0.2) is 12.5 Å². The first-order chi connectivity index (χ1) is 10.5. The highest BCUT2D eigenvalue weighted by Gasteiger charge is 2.03. The van der Waals surface area contributed by atoms with Crippen molar-refractivity contribution >= 4 is 23.2 Å². The maximum Gasteiger partial charge on any atom is 0.222 e. The Bertz CT molecular complexity index is 638. The number of carbonyl (C=O) groups is 1. The number of rotatable bonds is 6. The molecule has 0 aliphatic rings. The van der Waals surface area contributed by atoms with Gasteiger partial charge in [0.25, 0.3) is 0 Å². The maximum atomic E-state index is 11.8. The average molecular weight is 317 g/mol. The Kier molecular flexibility index (Phi) is 5.84. The molecule has 3 nitrogen and oxygen atoms in total. The third kappa shape index (κ3) is 5.08. The normalized spacial score (nSPS) is 10.3. The van der Waals surface area contributed by atoms with E-state index in [4.69, 9.17) is 11.6 Å². The van der Waals surface area contributed by atoms with Gasteiger partial charge in [-0.1, -0.05) is 35.9 Å². The third-order valence-corrected chi connectivity index (χ3v) is 3.72. The number of nitrogens with one attached hydrogen (secondary N) is 2. The standard InChI is InChI=1S/C18H21ClN2O/c1-13-3-4-14(2)17(11-13)20-10-9-18(22)21-12-15-5-7-16(19)8-6-15/h3-8,11,20H,9-10,12H2,1-2H3,(H,21,22). The van der Waals surface area contributed by atoms with E-state index >= 15 is 0 Å². The van der Waals surface area contributed by atoms with Gasteiger partial charge in [-0.3, -0.25) is 4.79 Å². The summed E-state index contributed by atoms with van der Waals surface area (Å²) in [6.07, 6.45) is 0.445. The van der Waals surface area contributed by atoms with Crippen LogP contribution in [0.15, 0.2) is 42.5 Å². The van der Waals surface area contributed by atoms with Gasteiger partial charge in [-0.2, -0.15) is 0 Å². The van der Waals surface area contributed by atoms with Crippen molar-refractivity contribution in [2.24, 2.45) is 0 Å². The summed E-state index contributed by atoms with van der Waals surface area (Å²) in [4.78, 5) is 11.8. The number of benzene rings is 2. The molecule has 0 saturated heterocycles. The third-order valence-electron chi connectivity index (χ3n) is 3.46. The van der Waals surface area contributed by atoms with Gasteiger partial charge in [0.15, 0.2) is 0 Å². The second-order valence-electron chi connectivity index (χ2n) is 5.40. The molecule has 0 aromatic heterocycles. The molecule has 0 radical (unpaired) electrons. The molecular weight excluding hydrogens is 296 g/mol. The van der Waals surface area contributed by atoms with Crippen molar-refractivity contribution in [1.29, 1.82) is 0 Å². The predicted octanol–water partition coefficient (Wildman–Crippen LogP) is 4.08. The van der Waals surface area contributed by atoms with Gasteiger partial charge in [-0.15, -0.1) is 0 Å². The first-order valence-electron chi connectivity index (χ1n) is 7.37. The summed E-state index contributed by atoms with van der Waals surface area (Å²) in [6.45, 7) is 5.27. The topological polar surface area (TPSA) is 41.1 Å². The molecule has 0 atom stereocenters. The zero-order valence-corrected chi connectivity index (χ0v) is 13.7. The van der Waals surface area contributed by atoms with Crippen LogP contribution in [-0.2, 0) is 11.3 Å². The Morgan fingerprint density at radius 3 is 2.55 bits per heavy atom. The summed E-state index contributed by atoms with van der Waals surface area (Å²) in [5.41, 5.74) is 4.53. The van der Waals surface area contributed by atoms with Crippen molar-refractivity contribution in [2.45, 2.75) is 26.8 Å². The molecule has 0 saturated carbocycles. The Morgan fingerprint density at radius 2 is 1.82 bits per heavy atom. The highest BCUT2D eigenvalue weighted by Crippen LogP contribution is 2.16. The number of aryl methyl sites for hydroxylation is 2. The van der Waals surface area contributed by atoms with Crippen LogP contribution in [0, 0.1) is 13.8 Å². The minimum Gasteiger partial charge on any atom is -0.384 e. The van der Waals surface area contributed by atoms with Gasteiger partial charge in [-0.05, 0) is 48.7 Å². The van der Waals surface area contributed by atoms with Crippen molar-refractivity contribution in [3.63, 3.8) is 0 Å². The molecule has 2 aromatic carbocycles. The fourth-order valence-corrected chi connectivity index (χ4v) is 2.25. The molecule has 2 aromatic rings. The molecule has 0 fully saturated rings.